The third-order valence-corrected chi connectivity index (χ3v) is 3.47. The number of hydrogen-bond acceptors (Lipinski definition) is 3. The number of rotatable bonds is 3. The van der Waals surface area contributed by atoms with Crippen molar-refractivity contribution in [3.05, 3.63) is 0 Å². The van der Waals surface area contributed by atoms with Crippen LogP contribution in [0, 0.1) is 5.92 Å². The zero-order valence-electron chi connectivity index (χ0n) is 8.03. The van der Waals surface area contributed by atoms with Gasteiger partial charge in [0, 0.05) is 7.11 Å². The van der Waals surface area contributed by atoms with Gasteiger partial charge in [-0.2, -0.15) is 0 Å². The Bertz CT molecular complexity index is 210. The fraction of sp³-hybridized carbons (Fsp3) is 1.00. The van der Waals surface area contributed by atoms with E-state index in [-0.39, 0.29) is 12.0 Å². The largest absolute Gasteiger partial charge is 0.513 e. The van der Waals surface area contributed by atoms with E-state index in [2.05, 4.69) is 4.52 Å². The van der Waals surface area contributed by atoms with Crippen molar-refractivity contribution in [2.24, 2.45) is 5.92 Å². The average molecular weight is 210 g/mol. The van der Waals surface area contributed by atoms with Crippen LogP contribution in [0.2, 0.25) is 0 Å². The van der Waals surface area contributed by atoms with Gasteiger partial charge in [0.05, 0.1) is 6.10 Å². The molecule has 0 spiro atoms. The van der Waals surface area contributed by atoms with Gasteiger partial charge in [0.2, 0.25) is 0 Å². The molecule has 0 heterocycles. The molecule has 78 valence electrons. The highest BCUT2D eigenvalue weighted by atomic mass is 31.2. The van der Waals surface area contributed by atoms with E-state index >= 15 is 0 Å². The van der Waals surface area contributed by atoms with Crippen LogP contribution < -0.4 is 0 Å². The van der Waals surface area contributed by atoms with Crippen LogP contribution in [0.25, 0.3) is 0 Å². The molecule has 5 heteroatoms. The highest BCUT2D eigenvalue weighted by Crippen LogP contribution is 2.52. The molecule has 0 saturated heterocycles. The predicted octanol–water partition coefficient (Wildman–Crippen LogP) is 3.31. The Kier molecular flexibility index (Phi) is 3.89. The SMILES string of the molecule is COP(=O)(F)OC1CCCCC1C. The van der Waals surface area contributed by atoms with Crippen LogP contribution in [-0.4, -0.2) is 13.2 Å². The van der Waals surface area contributed by atoms with Crippen molar-refractivity contribution in [2.45, 2.75) is 38.7 Å². The van der Waals surface area contributed by atoms with E-state index in [4.69, 9.17) is 4.52 Å². The van der Waals surface area contributed by atoms with Crippen LogP contribution in [0.1, 0.15) is 32.6 Å². The first kappa shape index (κ1) is 11.2. The second-order valence-electron chi connectivity index (χ2n) is 3.52. The molecule has 0 aliphatic heterocycles. The topological polar surface area (TPSA) is 35.5 Å². The first-order valence-corrected chi connectivity index (χ1v) is 6.02. The van der Waals surface area contributed by atoms with Gasteiger partial charge in [0.25, 0.3) is 0 Å². The van der Waals surface area contributed by atoms with Crippen molar-refractivity contribution in [3.8, 4) is 0 Å². The maximum Gasteiger partial charge on any atom is 0.513 e. The minimum atomic E-state index is -4.28. The van der Waals surface area contributed by atoms with Crippen molar-refractivity contribution < 1.29 is 17.8 Å². The highest BCUT2D eigenvalue weighted by molar-refractivity contribution is 7.48. The van der Waals surface area contributed by atoms with Crippen molar-refractivity contribution in [1.29, 1.82) is 0 Å². The Morgan fingerprint density at radius 1 is 1.38 bits per heavy atom. The van der Waals surface area contributed by atoms with E-state index in [1.54, 1.807) is 0 Å². The summed E-state index contributed by atoms with van der Waals surface area (Å²) >= 11 is 0. The maximum atomic E-state index is 12.9. The summed E-state index contributed by atoms with van der Waals surface area (Å²) in [6.07, 6.45) is 3.69. The number of hydrogen-bond donors (Lipinski definition) is 0. The molecule has 1 aliphatic rings. The van der Waals surface area contributed by atoms with Crippen LogP contribution in [0.15, 0.2) is 0 Å². The van der Waals surface area contributed by atoms with Crippen molar-refractivity contribution in [1.82, 2.24) is 0 Å². The lowest BCUT2D eigenvalue weighted by molar-refractivity contribution is 0.0702. The summed E-state index contributed by atoms with van der Waals surface area (Å²) in [4.78, 5) is 0. The summed E-state index contributed by atoms with van der Waals surface area (Å²) in [5.74, 6) is 0.271. The summed E-state index contributed by atoms with van der Waals surface area (Å²) < 4.78 is 32.7. The Hall–Kier alpha value is 0.0800. The lowest BCUT2D eigenvalue weighted by Gasteiger charge is -2.28. The van der Waals surface area contributed by atoms with E-state index < -0.39 is 7.91 Å². The van der Waals surface area contributed by atoms with Crippen molar-refractivity contribution in [3.63, 3.8) is 0 Å². The molecule has 1 saturated carbocycles. The van der Waals surface area contributed by atoms with E-state index in [1.165, 1.54) is 0 Å². The van der Waals surface area contributed by atoms with Crippen molar-refractivity contribution in [2.75, 3.05) is 7.11 Å². The normalized spacial score (nSPS) is 34.1. The standard InChI is InChI=1S/C8H16FO3P/c1-7-5-3-4-6-8(7)12-13(9,10)11-2/h7-8H,3-6H2,1-2H3. The molecule has 13 heavy (non-hydrogen) atoms. The average Bonchev–Trinajstić information content (AvgIpc) is 2.09. The van der Waals surface area contributed by atoms with Gasteiger partial charge in [0.1, 0.15) is 0 Å². The summed E-state index contributed by atoms with van der Waals surface area (Å²) in [6, 6.07) is 0. The molecule has 3 nitrogen and oxygen atoms in total. The van der Waals surface area contributed by atoms with Gasteiger partial charge in [-0.1, -0.05) is 19.8 Å². The zero-order chi connectivity index (χ0) is 9.90. The van der Waals surface area contributed by atoms with Gasteiger partial charge in [-0.05, 0) is 18.8 Å². The predicted molar refractivity (Wildman–Crippen MR) is 48.2 cm³/mol. The van der Waals surface area contributed by atoms with E-state index in [1.807, 2.05) is 6.92 Å². The van der Waals surface area contributed by atoms with Gasteiger partial charge < -0.3 is 0 Å². The molecular formula is C8H16FO3P. The second kappa shape index (κ2) is 4.54. The third-order valence-electron chi connectivity index (χ3n) is 2.51. The van der Waals surface area contributed by atoms with Gasteiger partial charge in [-0.25, -0.2) is 4.57 Å². The molecule has 1 aliphatic carbocycles. The lowest BCUT2D eigenvalue weighted by atomic mass is 9.88. The van der Waals surface area contributed by atoms with Gasteiger partial charge >= 0.3 is 7.91 Å². The number of halogens is 1. The summed E-state index contributed by atoms with van der Waals surface area (Å²) in [5.41, 5.74) is 0. The molecular weight excluding hydrogens is 194 g/mol. The molecule has 0 amide bonds. The van der Waals surface area contributed by atoms with Crippen LogP contribution in [0.3, 0.4) is 0 Å². The van der Waals surface area contributed by atoms with Gasteiger partial charge in [-0.3, -0.25) is 9.05 Å². The van der Waals surface area contributed by atoms with Crippen LogP contribution in [0.4, 0.5) is 4.20 Å². The fourth-order valence-electron chi connectivity index (χ4n) is 1.64. The first-order valence-electron chi connectivity index (χ1n) is 4.59. The maximum absolute atomic E-state index is 12.9. The molecule has 3 atom stereocenters. The van der Waals surface area contributed by atoms with Crippen molar-refractivity contribution >= 4 is 7.91 Å². The summed E-state index contributed by atoms with van der Waals surface area (Å²) in [5, 5.41) is 0. The third kappa shape index (κ3) is 3.37. The van der Waals surface area contributed by atoms with E-state index in [0.717, 1.165) is 32.8 Å². The minimum absolute atomic E-state index is 0.246. The van der Waals surface area contributed by atoms with Gasteiger partial charge in [-0.15, -0.1) is 4.20 Å². The lowest BCUT2D eigenvalue weighted by Crippen LogP contribution is -2.24. The molecule has 0 aromatic rings. The Labute approximate surface area is 78.3 Å². The van der Waals surface area contributed by atoms with Crippen LogP contribution >= 0.6 is 7.91 Å². The summed E-state index contributed by atoms with van der Waals surface area (Å²) in [6.45, 7) is 1.99. The molecule has 0 aromatic carbocycles. The quantitative estimate of drug-likeness (QED) is 0.670. The van der Waals surface area contributed by atoms with Crippen LogP contribution in [-0.2, 0) is 13.6 Å². The molecule has 1 rings (SSSR count). The Morgan fingerprint density at radius 3 is 2.54 bits per heavy atom. The fourth-order valence-corrected chi connectivity index (χ4v) is 2.37. The zero-order valence-corrected chi connectivity index (χ0v) is 8.93. The Balaban J connectivity index is 2.47. The minimum Gasteiger partial charge on any atom is -0.287 e. The van der Waals surface area contributed by atoms with E-state index in [9.17, 15) is 8.76 Å². The molecule has 0 radical (unpaired) electrons. The highest BCUT2D eigenvalue weighted by Gasteiger charge is 2.31. The molecule has 1 fully saturated rings. The summed E-state index contributed by atoms with van der Waals surface area (Å²) in [7, 11) is -3.22. The van der Waals surface area contributed by atoms with E-state index in [0.29, 0.717) is 0 Å². The molecule has 3 unspecified atom stereocenters. The molecule has 0 N–H and O–H groups in total. The van der Waals surface area contributed by atoms with Gasteiger partial charge in [0.15, 0.2) is 0 Å². The van der Waals surface area contributed by atoms with Crippen LogP contribution in [0.5, 0.6) is 0 Å². The molecule has 0 bridgehead atoms. The Morgan fingerprint density at radius 2 is 2.00 bits per heavy atom. The molecule has 0 aromatic heterocycles. The monoisotopic (exact) mass is 210 g/mol. The second-order valence-corrected chi connectivity index (χ2v) is 4.96. The smallest absolute Gasteiger partial charge is 0.287 e. The first-order chi connectivity index (χ1) is 6.05.